The minimum Gasteiger partial charge on any atom is -0.325 e. The fourth-order valence-corrected chi connectivity index (χ4v) is 4.93. The smallest absolute Gasteiger partial charge is 0.257 e. The predicted molar refractivity (Wildman–Crippen MR) is 120 cm³/mol. The Morgan fingerprint density at radius 2 is 1.55 bits per heavy atom. The van der Waals surface area contributed by atoms with E-state index in [0.29, 0.717) is 12.2 Å². The van der Waals surface area contributed by atoms with E-state index < -0.39 is 6.04 Å². The molecule has 162 valence electrons. The van der Waals surface area contributed by atoms with Gasteiger partial charge >= 0.3 is 0 Å². The van der Waals surface area contributed by atoms with Gasteiger partial charge in [0.05, 0.1) is 12.1 Å². The molecule has 1 aliphatic carbocycles. The van der Waals surface area contributed by atoms with Gasteiger partial charge in [0, 0.05) is 12.5 Å². The molecule has 2 aromatic rings. The average molecular weight is 419 g/mol. The number of amides is 3. The Labute approximate surface area is 184 Å². The van der Waals surface area contributed by atoms with Crippen LogP contribution in [0.4, 0.5) is 5.69 Å². The predicted octanol–water partition coefficient (Wildman–Crippen LogP) is 4.34. The van der Waals surface area contributed by atoms with Crippen LogP contribution in [0, 0.1) is 23.7 Å². The maximum atomic E-state index is 13.7. The molecule has 4 rings (SSSR count). The van der Waals surface area contributed by atoms with Crippen LogP contribution in [0.25, 0.3) is 0 Å². The first kappa shape index (κ1) is 21.3. The molecule has 0 bridgehead atoms. The molecule has 31 heavy (non-hydrogen) atoms. The zero-order chi connectivity index (χ0) is 22.6. The highest BCUT2D eigenvalue weighted by Gasteiger charge is 2.69. The van der Waals surface area contributed by atoms with Crippen LogP contribution in [0.5, 0.6) is 0 Å². The number of hydrogen-bond acceptors (Lipinski definition) is 3. The second-order valence-corrected chi connectivity index (χ2v) is 9.95. The highest BCUT2D eigenvalue weighted by atomic mass is 16.2. The third-order valence-electron chi connectivity index (χ3n) is 7.54. The fourth-order valence-electron chi connectivity index (χ4n) is 4.93. The van der Waals surface area contributed by atoms with Gasteiger partial charge in [-0.05, 0) is 35.4 Å². The molecule has 3 amide bonds. The quantitative estimate of drug-likeness (QED) is 0.679. The Morgan fingerprint density at radius 3 is 2.10 bits per heavy atom. The molecule has 5 heteroatoms. The normalized spacial score (nSPS) is 22.0. The lowest BCUT2D eigenvalue weighted by molar-refractivity contribution is -0.141. The van der Waals surface area contributed by atoms with Gasteiger partial charge < -0.3 is 4.90 Å². The summed E-state index contributed by atoms with van der Waals surface area (Å²) in [4.78, 5) is 42.9. The summed E-state index contributed by atoms with van der Waals surface area (Å²) >= 11 is 0. The summed E-state index contributed by atoms with van der Waals surface area (Å²) < 4.78 is 0. The van der Waals surface area contributed by atoms with Crippen LogP contribution in [0.3, 0.4) is 0 Å². The molecule has 1 heterocycles. The maximum Gasteiger partial charge on any atom is 0.257 e. The van der Waals surface area contributed by atoms with Crippen molar-refractivity contribution in [1.29, 1.82) is 0 Å². The Morgan fingerprint density at radius 1 is 0.968 bits per heavy atom. The lowest BCUT2D eigenvalue weighted by Crippen LogP contribution is -2.46. The van der Waals surface area contributed by atoms with Gasteiger partial charge in [0.1, 0.15) is 6.04 Å². The maximum absolute atomic E-state index is 13.7. The first-order valence-electron chi connectivity index (χ1n) is 10.8. The van der Waals surface area contributed by atoms with Gasteiger partial charge in [0.25, 0.3) is 5.91 Å². The number of benzene rings is 2. The van der Waals surface area contributed by atoms with Gasteiger partial charge in [-0.3, -0.25) is 14.4 Å². The molecule has 0 spiro atoms. The summed E-state index contributed by atoms with van der Waals surface area (Å²) in [5.41, 5.74) is 2.25. The van der Waals surface area contributed by atoms with Gasteiger partial charge in [-0.2, -0.15) is 0 Å². The summed E-state index contributed by atoms with van der Waals surface area (Å²) in [5.74, 6) is -0.816. The number of carbonyl (C=O) groups excluding carboxylic acids is 3. The first-order valence-corrected chi connectivity index (χ1v) is 10.8. The van der Waals surface area contributed by atoms with Crippen LogP contribution in [0.2, 0.25) is 0 Å². The van der Waals surface area contributed by atoms with E-state index in [4.69, 9.17) is 0 Å². The third-order valence-corrected chi connectivity index (χ3v) is 7.54. The molecular weight excluding hydrogens is 388 g/mol. The van der Waals surface area contributed by atoms with Crippen molar-refractivity contribution in [2.45, 2.75) is 53.6 Å². The second kappa shape index (κ2) is 7.33. The molecule has 0 N–H and O–H groups in total. The Kier molecular flexibility index (Phi) is 5.03. The highest BCUT2D eigenvalue weighted by Crippen LogP contribution is 2.69. The standard InChI is InChI=1S/C26H30N2O3/c1-17-11-13-19(14-12-17)28-21(29)15-20(23(28)30)27(16-18-9-7-6-8-10-18)24(31)22-25(2,3)26(22,4)5/h6-14,20,22H,15-16H2,1-5H3. The highest BCUT2D eigenvalue weighted by molar-refractivity contribution is 6.23. The molecule has 1 aliphatic heterocycles. The van der Waals surface area contributed by atoms with Gasteiger partial charge in [0.2, 0.25) is 11.8 Å². The molecule has 1 saturated carbocycles. The van der Waals surface area contributed by atoms with Gasteiger partial charge in [-0.15, -0.1) is 0 Å². The Hall–Kier alpha value is -2.95. The first-order chi connectivity index (χ1) is 14.6. The summed E-state index contributed by atoms with van der Waals surface area (Å²) in [6.07, 6.45) is 0.0128. The van der Waals surface area contributed by atoms with Gasteiger partial charge in [-0.25, -0.2) is 4.90 Å². The number of anilines is 1. The molecule has 2 fully saturated rings. The van der Waals surface area contributed by atoms with E-state index in [1.54, 1.807) is 17.0 Å². The topological polar surface area (TPSA) is 57.7 Å². The molecule has 1 saturated heterocycles. The summed E-state index contributed by atoms with van der Waals surface area (Å²) in [7, 11) is 0. The van der Waals surface area contributed by atoms with Crippen LogP contribution >= 0.6 is 0 Å². The number of carbonyl (C=O) groups is 3. The van der Waals surface area contributed by atoms with Crippen LogP contribution in [0.15, 0.2) is 54.6 Å². The van der Waals surface area contributed by atoms with Crippen molar-refractivity contribution in [2.24, 2.45) is 16.7 Å². The van der Waals surface area contributed by atoms with E-state index in [1.807, 2.05) is 49.4 Å². The molecule has 0 radical (unpaired) electrons. The van der Waals surface area contributed by atoms with E-state index in [0.717, 1.165) is 11.1 Å². The van der Waals surface area contributed by atoms with Crippen LogP contribution in [-0.2, 0) is 20.9 Å². The average Bonchev–Trinajstić information content (AvgIpc) is 2.96. The number of nitrogens with zero attached hydrogens (tertiary/aromatic N) is 2. The van der Waals surface area contributed by atoms with Crippen molar-refractivity contribution in [3.05, 3.63) is 65.7 Å². The molecule has 1 atom stereocenters. The number of hydrogen-bond donors (Lipinski definition) is 0. The summed E-state index contributed by atoms with van der Waals surface area (Å²) in [6.45, 7) is 10.6. The van der Waals surface area contributed by atoms with Crippen LogP contribution in [0.1, 0.15) is 45.2 Å². The fraction of sp³-hybridized carbons (Fsp3) is 0.423. The van der Waals surface area contributed by atoms with E-state index in [9.17, 15) is 14.4 Å². The van der Waals surface area contributed by atoms with Crippen molar-refractivity contribution in [1.82, 2.24) is 4.90 Å². The summed E-state index contributed by atoms with van der Waals surface area (Å²) in [5, 5.41) is 0. The number of imide groups is 1. The monoisotopic (exact) mass is 418 g/mol. The van der Waals surface area contributed by atoms with E-state index >= 15 is 0 Å². The molecule has 2 aromatic carbocycles. The number of rotatable bonds is 5. The lowest BCUT2D eigenvalue weighted by Gasteiger charge is -2.29. The van der Waals surface area contributed by atoms with Crippen molar-refractivity contribution in [2.75, 3.05) is 4.90 Å². The molecule has 2 aliphatic rings. The van der Waals surface area contributed by atoms with Crippen molar-refractivity contribution < 1.29 is 14.4 Å². The van der Waals surface area contributed by atoms with E-state index in [-0.39, 0.29) is 40.9 Å². The zero-order valence-corrected chi connectivity index (χ0v) is 18.9. The molecule has 0 aromatic heterocycles. The summed E-state index contributed by atoms with van der Waals surface area (Å²) in [6, 6.07) is 16.2. The van der Waals surface area contributed by atoms with Crippen molar-refractivity contribution >= 4 is 23.4 Å². The SMILES string of the molecule is Cc1ccc(N2C(=O)CC(N(Cc3ccccc3)C(=O)C3C(C)(C)C3(C)C)C2=O)cc1. The minimum atomic E-state index is -0.784. The molecule has 5 nitrogen and oxygen atoms in total. The lowest BCUT2D eigenvalue weighted by atomic mass is 10.0. The third kappa shape index (κ3) is 3.46. The van der Waals surface area contributed by atoms with Crippen LogP contribution in [-0.4, -0.2) is 28.7 Å². The largest absolute Gasteiger partial charge is 0.325 e. The van der Waals surface area contributed by atoms with Crippen molar-refractivity contribution in [3.8, 4) is 0 Å². The zero-order valence-electron chi connectivity index (χ0n) is 18.9. The van der Waals surface area contributed by atoms with E-state index in [2.05, 4.69) is 27.7 Å². The Balaban J connectivity index is 1.67. The van der Waals surface area contributed by atoms with Gasteiger partial charge in [0.15, 0.2) is 0 Å². The number of aryl methyl sites for hydroxylation is 1. The van der Waals surface area contributed by atoms with E-state index in [1.165, 1.54) is 4.90 Å². The minimum absolute atomic E-state index is 0.0128. The van der Waals surface area contributed by atoms with Crippen molar-refractivity contribution in [3.63, 3.8) is 0 Å². The Bertz CT molecular complexity index is 1010. The van der Waals surface area contributed by atoms with Gasteiger partial charge in [-0.1, -0.05) is 75.7 Å². The van der Waals surface area contributed by atoms with Crippen LogP contribution < -0.4 is 4.90 Å². The molecule has 1 unspecified atom stereocenters. The second-order valence-electron chi connectivity index (χ2n) is 9.95. The molecular formula is C26H30N2O3.